The first-order valence-corrected chi connectivity index (χ1v) is 10.4. The van der Waals surface area contributed by atoms with Crippen molar-refractivity contribution in [3.05, 3.63) is 29.5 Å². The molecule has 4 N–H and O–H groups in total. The van der Waals surface area contributed by atoms with Crippen molar-refractivity contribution in [3.63, 3.8) is 0 Å². The van der Waals surface area contributed by atoms with Crippen molar-refractivity contribution in [2.75, 3.05) is 19.6 Å². The summed E-state index contributed by atoms with van der Waals surface area (Å²) in [6.07, 6.45) is 7.61. The molecule has 1 amide bonds. The number of aromatic amines is 1. The van der Waals surface area contributed by atoms with E-state index >= 15 is 0 Å². The van der Waals surface area contributed by atoms with Crippen LogP contribution < -0.4 is 11.1 Å². The van der Waals surface area contributed by atoms with Gasteiger partial charge in [0, 0.05) is 23.4 Å². The van der Waals surface area contributed by atoms with Crippen molar-refractivity contribution >= 4 is 23.1 Å². The minimum Gasteiger partial charge on any atom is -0.364 e. The van der Waals surface area contributed by atoms with Gasteiger partial charge in [-0.2, -0.15) is 5.10 Å². The van der Waals surface area contributed by atoms with E-state index in [0.717, 1.165) is 61.6 Å². The Morgan fingerprint density at radius 3 is 2.86 bits per heavy atom. The topological polar surface area (TPSA) is 104 Å². The minimum atomic E-state index is -0.542. The first-order valence-electron chi connectivity index (χ1n) is 10.4. The standard InChI is InChI=1S/C21H29N5O2/c22-21(28)20-17-12-14(4-5-18(17)24-25-20)11-15(13-27)19-3-1-2-10-26(19)16-6-8-23-9-7-16/h4-5,12-13,15-16,19,23H,1-3,6-11H2,(H2,22,28)(H,24,25). The summed E-state index contributed by atoms with van der Waals surface area (Å²) in [6.45, 7) is 3.21. The molecule has 3 heterocycles. The fourth-order valence-corrected chi connectivity index (χ4v) is 4.95. The summed E-state index contributed by atoms with van der Waals surface area (Å²) in [6, 6.07) is 6.75. The van der Waals surface area contributed by atoms with Crippen LogP contribution >= 0.6 is 0 Å². The number of aldehydes is 1. The number of piperidine rings is 2. The van der Waals surface area contributed by atoms with Gasteiger partial charge < -0.3 is 15.8 Å². The SMILES string of the molecule is NC(=O)c1n[nH]c2ccc(CC(C=O)C3CCCCN3C3CCNCC3)cc12. The zero-order valence-corrected chi connectivity index (χ0v) is 16.2. The molecule has 28 heavy (non-hydrogen) atoms. The molecule has 1 aromatic carbocycles. The zero-order chi connectivity index (χ0) is 19.5. The summed E-state index contributed by atoms with van der Waals surface area (Å²) in [5, 5.41) is 11.0. The quantitative estimate of drug-likeness (QED) is 0.658. The predicted octanol–water partition coefficient (Wildman–Crippen LogP) is 1.63. The number of aromatic nitrogens is 2. The highest BCUT2D eigenvalue weighted by atomic mass is 16.1. The van der Waals surface area contributed by atoms with Gasteiger partial charge in [0.1, 0.15) is 6.29 Å². The van der Waals surface area contributed by atoms with Gasteiger partial charge in [-0.25, -0.2) is 0 Å². The van der Waals surface area contributed by atoms with Crippen molar-refractivity contribution in [2.24, 2.45) is 11.7 Å². The van der Waals surface area contributed by atoms with Gasteiger partial charge in [-0.3, -0.25) is 14.8 Å². The van der Waals surface area contributed by atoms with Crippen LogP contribution in [-0.4, -0.2) is 59.0 Å². The summed E-state index contributed by atoms with van der Waals surface area (Å²) in [5.41, 5.74) is 7.52. The number of hydrogen-bond acceptors (Lipinski definition) is 5. The molecule has 2 saturated heterocycles. The van der Waals surface area contributed by atoms with E-state index in [1.165, 1.54) is 12.8 Å². The molecule has 7 heteroatoms. The highest BCUT2D eigenvalue weighted by Gasteiger charge is 2.34. The third-order valence-corrected chi connectivity index (χ3v) is 6.37. The Hall–Kier alpha value is -2.25. The molecule has 0 saturated carbocycles. The maximum Gasteiger partial charge on any atom is 0.269 e. The molecule has 2 aliphatic heterocycles. The summed E-state index contributed by atoms with van der Waals surface area (Å²) >= 11 is 0. The first-order chi connectivity index (χ1) is 13.7. The Morgan fingerprint density at radius 1 is 1.29 bits per heavy atom. The van der Waals surface area contributed by atoms with E-state index in [1.54, 1.807) is 0 Å². The molecular weight excluding hydrogens is 354 g/mol. The first kappa shape index (κ1) is 19.1. The number of hydrogen-bond donors (Lipinski definition) is 3. The zero-order valence-electron chi connectivity index (χ0n) is 16.2. The predicted molar refractivity (Wildman–Crippen MR) is 108 cm³/mol. The summed E-state index contributed by atoms with van der Waals surface area (Å²) in [4.78, 5) is 26.3. The molecule has 0 spiro atoms. The van der Waals surface area contributed by atoms with Crippen LogP contribution in [0, 0.1) is 5.92 Å². The Morgan fingerprint density at radius 2 is 2.11 bits per heavy atom. The van der Waals surface area contributed by atoms with Crippen LogP contribution in [0.25, 0.3) is 10.9 Å². The number of nitrogens with one attached hydrogen (secondary N) is 2. The lowest BCUT2D eigenvalue weighted by atomic mass is 9.84. The second kappa shape index (κ2) is 8.41. The van der Waals surface area contributed by atoms with Crippen LogP contribution in [-0.2, 0) is 11.2 Å². The average molecular weight is 383 g/mol. The molecular formula is C21H29N5O2. The van der Waals surface area contributed by atoms with E-state index in [0.29, 0.717) is 18.5 Å². The average Bonchev–Trinajstić information content (AvgIpc) is 3.16. The number of primary amides is 1. The van der Waals surface area contributed by atoms with Crippen LogP contribution in [0.5, 0.6) is 0 Å². The summed E-state index contributed by atoms with van der Waals surface area (Å²) < 4.78 is 0. The van der Waals surface area contributed by atoms with Crippen LogP contribution in [0.1, 0.15) is 48.2 Å². The molecule has 0 radical (unpaired) electrons. The molecule has 4 rings (SSSR count). The number of H-pyrrole nitrogens is 1. The number of nitrogens with zero attached hydrogens (tertiary/aromatic N) is 2. The number of likely N-dealkylation sites (tertiary alicyclic amines) is 1. The molecule has 2 aliphatic rings. The number of carbonyl (C=O) groups excluding carboxylic acids is 2. The number of carbonyl (C=O) groups is 2. The number of rotatable bonds is 6. The highest BCUT2D eigenvalue weighted by molar-refractivity contribution is 6.03. The number of fused-ring (bicyclic) bond motifs is 1. The minimum absolute atomic E-state index is 0.0448. The van der Waals surface area contributed by atoms with Gasteiger partial charge in [-0.05, 0) is 69.4 Å². The molecule has 7 nitrogen and oxygen atoms in total. The number of benzene rings is 1. The van der Waals surface area contributed by atoms with Gasteiger partial charge in [0.25, 0.3) is 5.91 Å². The molecule has 2 fully saturated rings. The van der Waals surface area contributed by atoms with Gasteiger partial charge >= 0.3 is 0 Å². The van der Waals surface area contributed by atoms with E-state index in [2.05, 4.69) is 20.4 Å². The van der Waals surface area contributed by atoms with Gasteiger partial charge in [-0.1, -0.05) is 12.5 Å². The van der Waals surface area contributed by atoms with Gasteiger partial charge in [0.15, 0.2) is 5.69 Å². The highest BCUT2D eigenvalue weighted by Crippen LogP contribution is 2.30. The summed E-state index contributed by atoms with van der Waals surface area (Å²) in [5.74, 6) is -0.587. The molecule has 2 aromatic rings. The van der Waals surface area contributed by atoms with Crippen LogP contribution in [0.2, 0.25) is 0 Å². The van der Waals surface area contributed by atoms with Crippen LogP contribution in [0.4, 0.5) is 0 Å². The maximum absolute atomic E-state index is 12.1. The summed E-state index contributed by atoms with van der Waals surface area (Å²) in [7, 11) is 0. The molecule has 1 aromatic heterocycles. The number of nitrogens with two attached hydrogens (primary N) is 1. The molecule has 0 aliphatic carbocycles. The van der Waals surface area contributed by atoms with Crippen molar-refractivity contribution in [1.29, 1.82) is 0 Å². The van der Waals surface area contributed by atoms with E-state index in [9.17, 15) is 9.59 Å². The molecule has 2 atom stereocenters. The maximum atomic E-state index is 12.1. The molecule has 0 bridgehead atoms. The Balaban J connectivity index is 1.56. The van der Waals surface area contributed by atoms with Crippen molar-refractivity contribution < 1.29 is 9.59 Å². The van der Waals surface area contributed by atoms with Crippen LogP contribution in [0.3, 0.4) is 0 Å². The third kappa shape index (κ3) is 3.82. The Kier molecular flexibility index (Phi) is 5.73. The lowest BCUT2D eigenvalue weighted by Crippen LogP contribution is -2.53. The van der Waals surface area contributed by atoms with E-state index in [4.69, 9.17) is 5.73 Å². The fraction of sp³-hybridized carbons (Fsp3) is 0.571. The lowest BCUT2D eigenvalue weighted by molar-refractivity contribution is -0.114. The monoisotopic (exact) mass is 383 g/mol. The third-order valence-electron chi connectivity index (χ3n) is 6.37. The Bertz CT molecular complexity index is 842. The molecule has 150 valence electrons. The molecule has 2 unspecified atom stereocenters. The second-order valence-corrected chi connectivity index (χ2v) is 8.10. The van der Waals surface area contributed by atoms with Crippen LogP contribution in [0.15, 0.2) is 18.2 Å². The lowest BCUT2D eigenvalue weighted by Gasteiger charge is -2.45. The Labute approximate surface area is 165 Å². The van der Waals surface area contributed by atoms with Crippen molar-refractivity contribution in [2.45, 2.75) is 50.6 Å². The van der Waals surface area contributed by atoms with E-state index < -0.39 is 5.91 Å². The second-order valence-electron chi connectivity index (χ2n) is 8.10. The largest absolute Gasteiger partial charge is 0.364 e. The van der Waals surface area contributed by atoms with Gasteiger partial charge in [0.2, 0.25) is 0 Å². The normalized spacial score (nSPS) is 22.9. The smallest absolute Gasteiger partial charge is 0.269 e. The van der Waals surface area contributed by atoms with Crippen molar-refractivity contribution in [3.8, 4) is 0 Å². The number of amides is 1. The van der Waals surface area contributed by atoms with E-state index in [-0.39, 0.29) is 11.6 Å². The fourth-order valence-electron chi connectivity index (χ4n) is 4.95. The van der Waals surface area contributed by atoms with Crippen molar-refractivity contribution in [1.82, 2.24) is 20.4 Å². The van der Waals surface area contributed by atoms with Gasteiger partial charge in [-0.15, -0.1) is 0 Å². The van der Waals surface area contributed by atoms with Gasteiger partial charge in [0.05, 0.1) is 5.52 Å². The van der Waals surface area contributed by atoms with E-state index in [1.807, 2.05) is 18.2 Å².